The van der Waals surface area contributed by atoms with Crippen LogP contribution >= 0.6 is 27.3 Å². The Kier molecular flexibility index (Phi) is 4.45. The van der Waals surface area contributed by atoms with Crippen LogP contribution in [-0.4, -0.2) is 29.9 Å². The first-order valence-corrected chi connectivity index (χ1v) is 7.90. The van der Waals surface area contributed by atoms with Gasteiger partial charge in [-0.15, -0.1) is 11.3 Å². The molecule has 1 fully saturated rings. The SMILES string of the molecule is Cc1cc(C(=O)N2CC(CN)CCC2C)sc1Br. The van der Waals surface area contributed by atoms with Crippen molar-refractivity contribution in [3.05, 3.63) is 20.3 Å². The number of nitrogens with two attached hydrogens (primary N) is 1. The summed E-state index contributed by atoms with van der Waals surface area (Å²) >= 11 is 5.00. The Morgan fingerprint density at radius 1 is 1.61 bits per heavy atom. The van der Waals surface area contributed by atoms with E-state index in [1.165, 1.54) is 11.3 Å². The molecule has 2 heterocycles. The smallest absolute Gasteiger partial charge is 0.264 e. The van der Waals surface area contributed by atoms with Crippen molar-refractivity contribution in [2.24, 2.45) is 11.7 Å². The molecule has 1 aromatic heterocycles. The van der Waals surface area contributed by atoms with E-state index in [9.17, 15) is 4.79 Å². The van der Waals surface area contributed by atoms with E-state index in [0.29, 0.717) is 18.5 Å². The fourth-order valence-corrected chi connectivity index (χ4v) is 3.86. The average molecular weight is 331 g/mol. The molecular weight excluding hydrogens is 312 g/mol. The molecule has 0 radical (unpaired) electrons. The monoisotopic (exact) mass is 330 g/mol. The van der Waals surface area contributed by atoms with Crippen molar-refractivity contribution < 1.29 is 4.79 Å². The summed E-state index contributed by atoms with van der Waals surface area (Å²) in [4.78, 5) is 15.3. The van der Waals surface area contributed by atoms with Crippen molar-refractivity contribution in [3.8, 4) is 0 Å². The van der Waals surface area contributed by atoms with Crippen molar-refractivity contribution in [2.45, 2.75) is 32.7 Å². The highest BCUT2D eigenvalue weighted by Crippen LogP contribution is 2.30. The Balaban J connectivity index is 2.16. The second-order valence-electron chi connectivity index (χ2n) is 5.05. The van der Waals surface area contributed by atoms with Crippen LogP contribution in [0.15, 0.2) is 9.85 Å². The van der Waals surface area contributed by atoms with Gasteiger partial charge in [-0.1, -0.05) is 0 Å². The van der Waals surface area contributed by atoms with E-state index in [1.54, 1.807) is 0 Å². The highest BCUT2D eigenvalue weighted by molar-refractivity contribution is 9.11. The number of likely N-dealkylation sites (tertiary alicyclic amines) is 1. The van der Waals surface area contributed by atoms with Gasteiger partial charge < -0.3 is 10.6 Å². The molecule has 1 amide bonds. The van der Waals surface area contributed by atoms with Gasteiger partial charge in [-0.25, -0.2) is 0 Å². The van der Waals surface area contributed by atoms with Crippen LogP contribution in [0.25, 0.3) is 0 Å². The van der Waals surface area contributed by atoms with Gasteiger partial charge >= 0.3 is 0 Å². The quantitative estimate of drug-likeness (QED) is 0.905. The highest BCUT2D eigenvalue weighted by Gasteiger charge is 2.29. The molecule has 2 atom stereocenters. The first-order chi connectivity index (χ1) is 8.52. The number of carbonyl (C=O) groups excluding carboxylic acids is 1. The lowest BCUT2D eigenvalue weighted by Crippen LogP contribution is -2.46. The van der Waals surface area contributed by atoms with E-state index < -0.39 is 0 Å². The van der Waals surface area contributed by atoms with Gasteiger partial charge in [-0.3, -0.25) is 4.79 Å². The van der Waals surface area contributed by atoms with Crippen LogP contribution in [0, 0.1) is 12.8 Å². The third-order valence-corrected chi connectivity index (χ3v) is 5.77. The standard InChI is InChI=1S/C13H19BrN2OS/c1-8-5-11(18-12(8)14)13(17)16-7-10(6-15)4-3-9(16)2/h5,9-10H,3-4,6-7,15H2,1-2H3. The van der Waals surface area contributed by atoms with Gasteiger partial charge in [0.1, 0.15) is 0 Å². The molecule has 0 aliphatic carbocycles. The van der Waals surface area contributed by atoms with Crippen LogP contribution in [0.3, 0.4) is 0 Å². The molecule has 1 aliphatic heterocycles. The van der Waals surface area contributed by atoms with Crippen LogP contribution in [0.5, 0.6) is 0 Å². The molecule has 1 saturated heterocycles. The maximum absolute atomic E-state index is 12.5. The molecule has 1 aromatic rings. The zero-order valence-electron chi connectivity index (χ0n) is 10.8. The molecule has 1 aliphatic rings. The number of rotatable bonds is 2. The summed E-state index contributed by atoms with van der Waals surface area (Å²) in [7, 11) is 0. The lowest BCUT2D eigenvalue weighted by Gasteiger charge is -2.37. The lowest BCUT2D eigenvalue weighted by atomic mass is 9.93. The number of aryl methyl sites for hydroxylation is 1. The third-order valence-electron chi connectivity index (χ3n) is 3.64. The van der Waals surface area contributed by atoms with Crippen LogP contribution in [-0.2, 0) is 0 Å². The summed E-state index contributed by atoms with van der Waals surface area (Å²) in [6.45, 7) is 5.61. The molecule has 100 valence electrons. The van der Waals surface area contributed by atoms with Crippen LogP contribution in [0.2, 0.25) is 0 Å². The first kappa shape index (κ1) is 14.0. The van der Waals surface area contributed by atoms with Crippen LogP contribution < -0.4 is 5.73 Å². The maximum atomic E-state index is 12.5. The van der Waals surface area contributed by atoms with E-state index in [1.807, 2.05) is 17.9 Å². The van der Waals surface area contributed by atoms with E-state index in [2.05, 4.69) is 22.9 Å². The van der Waals surface area contributed by atoms with Crippen LogP contribution in [0.4, 0.5) is 0 Å². The van der Waals surface area contributed by atoms with Crippen molar-refractivity contribution in [2.75, 3.05) is 13.1 Å². The molecule has 0 aromatic carbocycles. The van der Waals surface area contributed by atoms with Gasteiger partial charge in [-0.2, -0.15) is 0 Å². The highest BCUT2D eigenvalue weighted by atomic mass is 79.9. The summed E-state index contributed by atoms with van der Waals surface area (Å²) < 4.78 is 1.05. The summed E-state index contributed by atoms with van der Waals surface area (Å²) in [5.74, 6) is 0.606. The topological polar surface area (TPSA) is 46.3 Å². The Morgan fingerprint density at radius 2 is 2.33 bits per heavy atom. The minimum Gasteiger partial charge on any atom is -0.335 e. The van der Waals surface area contributed by atoms with E-state index in [-0.39, 0.29) is 5.91 Å². The number of halogens is 1. The fraction of sp³-hybridized carbons (Fsp3) is 0.615. The predicted octanol–water partition coefficient (Wildman–Crippen LogP) is 3.02. The number of carbonyl (C=O) groups is 1. The van der Waals surface area contributed by atoms with Gasteiger partial charge in [-0.05, 0) is 66.7 Å². The number of thiophene rings is 1. The van der Waals surface area contributed by atoms with Crippen molar-refractivity contribution in [1.29, 1.82) is 0 Å². The molecule has 0 saturated carbocycles. The van der Waals surface area contributed by atoms with Gasteiger partial charge in [0.25, 0.3) is 5.91 Å². The Bertz CT molecular complexity index is 427. The third kappa shape index (κ3) is 2.78. The number of nitrogens with zero attached hydrogens (tertiary/aromatic N) is 1. The lowest BCUT2D eigenvalue weighted by molar-refractivity contribution is 0.0572. The van der Waals surface area contributed by atoms with Gasteiger partial charge in [0, 0.05) is 12.6 Å². The molecule has 3 nitrogen and oxygen atoms in total. The van der Waals surface area contributed by atoms with Gasteiger partial charge in [0.2, 0.25) is 0 Å². The number of piperidine rings is 1. The second-order valence-corrected chi connectivity index (χ2v) is 7.42. The normalized spacial score (nSPS) is 24.3. The molecule has 18 heavy (non-hydrogen) atoms. The van der Waals surface area contributed by atoms with Crippen molar-refractivity contribution in [1.82, 2.24) is 4.90 Å². The fourth-order valence-electron chi connectivity index (χ4n) is 2.36. The summed E-state index contributed by atoms with van der Waals surface area (Å²) in [6.07, 6.45) is 2.19. The Morgan fingerprint density at radius 3 is 2.89 bits per heavy atom. The number of hydrogen-bond donors (Lipinski definition) is 1. The Labute approximate surface area is 120 Å². The molecule has 5 heteroatoms. The van der Waals surface area contributed by atoms with Crippen molar-refractivity contribution in [3.63, 3.8) is 0 Å². The second kappa shape index (κ2) is 5.72. The average Bonchev–Trinajstić information content (AvgIpc) is 2.69. The van der Waals surface area contributed by atoms with Crippen molar-refractivity contribution >= 4 is 33.2 Å². The summed E-state index contributed by atoms with van der Waals surface area (Å²) in [5, 5.41) is 0. The van der Waals surface area contributed by atoms with E-state index >= 15 is 0 Å². The molecule has 0 bridgehead atoms. The zero-order valence-corrected chi connectivity index (χ0v) is 13.2. The molecular formula is C13H19BrN2OS. The Hall–Kier alpha value is -0.390. The molecule has 2 N–H and O–H groups in total. The predicted molar refractivity (Wildman–Crippen MR) is 79.0 cm³/mol. The first-order valence-electron chi connectivity index (χ1n) is 6.30. The largest absolute Gasteiger partial charge is 0.335 e. The molecule has 2 rings (SSSR count). The van der Waals surface area contributed by atoms with E-state index in [0.717, 1.165) is 33.6 Å². The zero-order chi connectivity index (χ0) is 13.3. The maximum Gasteiger partial charge on any atom is 0.264 e. The summed E-state index contributed by atoms with van der Waals surface area (Å²) in [5.41, 5.74) is 6.86. The minimum absolute atomic E-state index is 0.152. The molecule has 0 spiro atoms. The van der Waals surface area contributed by atoms with Gasteiger partial charge in [0.05, 0.1) is 8.66 Å². The molecule has 2 unspecified atom stereocenters. The summed E-state index contributed by atoms with van der Waals surface area (Å²) in [6, 6.07) is 2.29. The van der Waals surface area contributed by atoms with E-state index in [4.69, 9.17) is 5.73 Å². The number of amides is 1. The minimum atomic E-state index is 0.152. The number of hydrogen-bond acceptors (Lipinski definition) is 3. The van der Waals surface area contributed by atoms with Gasteiger partial charge in [0.15, 0.2) is 0 Å². The van der Waals surface area contributed by atoms with Crippen LogP contribution in [0.1, 0.15) is 35.0 Å².